The van der Waals surface area contributed by atoms with Gasteiger partial charge in [0.1, 0.15) is 0 Å². The highest BCUT2D eigenvalue weighted by molar-refractivity contribution is 5.74. The van der Waals surface area contributed by atoms with Crippen molar-refractivity contribution in [2.75, 3.05) is 5.73 Å². The molecular weight excluding hydrogens is 210 g/mol. The molecule has 2 aromatic heterocycles. The van der Waals surface area contributed by atoms with Crippen LogP contribution in [0.4, 0.5) is 5.95 Å². The van der Waals surface area contributed by atoms with E-state index in [4.69, 9.17) is 5.73 Å². The Morgan fingerprint density at radius 2 is 1.81 bits per heavy atom. The van der Waals surface area contributed by atoms with Gasteiger partial charge in [0.2, 0.25) is 5.95 Å². The summed E-state index contributed by atoms with van der Waals surface area (Å²) in [5.41, 5.74) is 5.56. The number of benzene rings is 1. The number of para-hydroxylation sites is 2. The van der Waals surface area contributed by atoms with Crippen LogP contribution in [0.2, 0.25) is 0 Å². The molecule has 0 amide bonds. The third-order valence-electron chi connectivity index (χ3n) is 2.36. The lowest BCUT2D eigenvalue weighted by Crippen LogP contribution is -2.19. The number of hydrogen-bond acceptors (Lipinski definition) is 4. The summed E-state index contributed by atoms with van der Waals surface area (Å²) in [4.78, 5) is 29.2. The molecule has 2 heterocycles. The van der Waals surface area contributed by atoms with Gasteiger partial charge in [-0.2, -0.15) is 9.03 Å². The summed E-state index contributed by atoms with van der Waals surface area (Å²) in [7, 11) is 0. The van der Waals surface area contributed by atoms with E-state index in [1.54, 1.807) is 24.3 Å². The number of nitrogen functional groups attached to an aromatic ring is 1. The van der Waals surface area contributed by atoms with Gasteiger partial charge in [-0.15, -0.1) is 0 Å². The maximum absolute atomic E-state index is 11.6. The largest absolute Gasteiger partial charge is 0.368 e. The quantitative estimate of drug-likeness (QED) is 0.516. The lowest BCUT2D eigenvalue weighted by molar-refractivity contribution is 0.796. The van der Waals surface area contributed by atoms with E-state index in [-0.39, 0.29) is 5.95 Å². The third-order valence-corrected chi connectivity index (χ3v) is 2.36. The molecule has 3 N–H and O–H groups in total. The van der Waals surface area contributed by atoms with Crippen LogP contribution in [0.25, 0.3) is 11.0 Å². The van der Waals surface area contributed by atoms with Crippen molar-refractivity contribution >= 4 is 17.0 Å². The van der Waals surface area contributed by atoms with Gasteiger partial charge < -0.3 is 5.73 Å². The van der Waals surface area contributed by atoms with Gasteiger partial charge in [0.25, 0.3) is 0 Å². The van der Waals surface area contributed by atoms with Crippen molar-refractivity contribution in [1.29, 1.82) is 0 Å². The Labute approximate surface area is 87.7 Å². The molecule has 0 spiro atoms. The van der Waals surface area contributed by atoms with Crippen molar-refractivity contribution in [3.05, 3.63) is 45.2 Å². The van der Waals surface area contributed by atoms with Crippen LogP contribution in [0.1, 0.15) is 0 Å². The highest BCUT2D eigenvalue weighted by Gasteiger charge is 2.10. The summed E-state index contributed by atoms with van der Waals surface area (Å²) >= 11 is 0. The molecule has 0 saturated heterocycles. The van der Waals surface area contributed by atoms with Crippen LogP contribution in [0.3, 0.4) is 0 Å². The van der Waals surface area contributed by atoms with E-state index in [0.29, 0.717) is 11.0 Å². The monoisotopic (exact) mass is 217 g/mol. The van der Waals surface area contributed by atoms with Crippen molar-refractivity contribution in [2.45, 2.75) is 0 Å². The first-order valence-electron chi connectivity index (χ1n) is 4.57. The van der Waals surface area contributed by atoms with Gasteiger partial charge in [-0.25, -0.2) is 14.6 Å². The zero-order valence-corrected chi connectivity index (χ0v) is 8.04. The fraction of sp³-hybridized carbons (Fsp3) is 0. The highest BCUT2D eigenvalue weighted by atomic mass is 16.2. The fourth-order valence-corrected chi connectivity index (χ4v) is 1.71. The number of H-pyrrole nitrogens is 1. The molecule has 0 atom stereocenters. The van der Waals surface area contributed by atoms with Crippen molar-refractivity contribution in [1.82, 2.24) is 19.0 Å². The lowest BCUT2D eigenvalue weighted by atomic mass is 10.3. The summed E-state index contributed by atoms with van der Waals surface area (Å²) < 4.78 is 2.17. The van der Waals surface area contributed by atoms with Crippen LogP contribution in [0.15, 0.2) is 33.9 Å². The molecule has 16 heavy (non-hydrogen) atoms. The first-order valence-corrected chi connectivity index (χ1v) is 4.57. The molecule has 7 nitrogen and oxygen atoms in total. The first-order chi connectivity index (χ1) is 7.68. The molecule has 0 aliphatic heterocycles. The van der Waals surface area contributed by atoms with E-state index in [2.05, 4.69) is 9.97 Å². The van der Waals surface area contributed by atoms with Crippen LogP contribution >= 0.6 is 0 Å². The molecule has 3 aromatic rings. The maximum Gasteiger partial charge on any atom is 0.352 e. The average Bonchev–Trinajstić information content (AvgIpc) is 2.55. The normalized spacial score (nSPS) is 11.2. The highest BCUT2D eigenvalue weighted by Crippen LogP contribution is 2.09. The number of hydrogen-bond donors (Lipinski definition) is 2. The van der Waals surface area contributed by atoms with Gasteiger partial charge in [0.05, 0.1) is 11.0 Å². The van der Waals surface area contributed by atoms with Crippen molar-refractivity contribution in [3.63, 3.8) is 0 Å². The minimum atomic E-state index is -0.597. The van der Waals surface area contributed by atoms with Gasteiger partial charge in [-0.3, -0.25) is 4.98 Å². The molecule has 80 valence electrons. The Bertz CT molecular complexity index is 810. The van der Waals surface area contributed by atoms with Gasteiger partial charge in [0.15, 0.2) is 0 Å². The molecule has 1 aromatic carbocycles. The number of nitrogens with zero attached hydrogens (tertiary/aromatic N) is 3. The molecule has 0 unspecified atom stereocenters. The Hall–Kier alpha value is -2.57. The number of nitrogens with one attached hydrogen (secondary N) is 1. The summed E-state index contributed by atoms with van der Waals surface area (Å²) in [6, 6.07) is 6.94. The molecule has 0 bridgehead atoms. The third kappa shape index (κ3) is 0.937. The second-order valence-corrected chi connectivity index (χ2v) is 3.32. The van der Waals surface area contributed by atoms with Gasteiger partial charge >= 0.3 is 11.4 Å². The van der Waals surface area contributed by atoms with E-state index in [1.165, 1.54) is 4.52 Å². The molecule has 0 fully saturated rings. The van der Waals surface area contributed by atoms with Crippen LogP contribution < -0.4 is 17.1 Å². The minimum absolute atomic E-state index is 0.0259. The smallest absolute Gasteiger partial charge is 0.352 e. The van der Waals surface area contributed by atoms with E-state index < -0.39 is 11.4 Å². The van der Waals surface area contributed by atoms with E-state index >= 15 is 0 Å². The van der Waals surface area contributed by atoms with Crippen LogP contribution in [0.5, 0.6) is 0 Å². The second-order valence-electron chi connectivity index (χ2n) is 3.32. The minimum Gasteiger partial charge on any atom is -0.368 e. The van der Waals surface area contributed by atoms with Crippen LogP contribution in [-0.4, -0.2) is 19.0 Å². The molecule has 7 heteroatoms. The predicted molar refractivity (Wildman–Crippen MR) is 57.5 cm³/mol. The number of nitrogens with two attached hydrogens (primary N) is 1. The summed E-state index contributed by atoms with van der Waals surface area (Å²) in [6.45, 7) is 0. The Morgan fingerprint density at radius 1 is 1.12 bits per heavy atom. The zero-order valence-electron chi connectivity index (χ0n) is 8.04. The molecule has 3 rings (SSSR count). The van der Waals surface area contributed by atoms with Gasteiger partial charge in [0, 0.05) is 0 Å². The number of anilines is 1. The van der Waals surface area contributed by atoms with Crippen molar-refractivity contribution in [3.8, 4) is 0 Å². The van der Waals surface area contributed by atoms with Gasteiger partial charge in [-0.1, -0.05) is 12.1 Å². The Morgan fingerprint density at radius 3 is 2.62 bits per heavy atom. The molecule has 0 radical (unpaired) electrons. The predicted octanol–water partition coefficient (Wildman–Crippen LogP) is -0.782. The van der Waals surface area contributed by atoms with E-state index in [1.807, 2.05) is 0 Å². The maximum atomic E-state index is 11.6. The summed E-state index contributed by atoms with van der Waals surface area (Å²) in [6.07, 6.45) is 0. The van der Waals surface area contributed by atoms with E-state index in [9.17, 15) is 9.59 Å². The number of rotatable bonds is 0. The van der Waals surface area contributed by atoms with Gasteiger partial charge in [-0.05, 0) is 12.1 Å². The lowest BCUT2D eigenvalue weighted by Gasteiger charge is -2.03. The average molecular weight is 217 g/mol. The number of fused-ring (bicyclic) bond motifs is 3. The fourth-order valence-electron chi connectivity index (χ4n) is 1.71. The Kier molecular flexibility index (Phi) is 1.48. The van der Waals surface area contributed by atoms with Crippen LogP contribution in [-0.2, 0) is 0 Å². The summed E-state index contributed by atoms with van der Waals surface area (Å²) in [5, 5.41) is 0. The van der Waals surface area contributed by atoms with Crippen LogP contribution in [0, 0.1) is 0 Å². The number of aromatic nitrogens is 4. The first kappa shape index (κ1) is 8.72. The molecule has 0 saturated carbocycles. The SMILES string of the molecule is Nc1nc2ccccc2n2c(=O)[nH]c(=O)n12. The molecule has 0 aliphatic carbocycles. The van der Waals surface area contributed by atoms with Crippen molar-refractivity contribution in [2.24, 2.45) is 0 Å². The second kappa shape index (κ2) is 2.72. The zero-order chi connectivity index (χ0) is 11.3. The summed E-state index contributed by atoms with van der Waals surface area (Å²) in [5.74, 6) is -0.0259. The number of aromatic amines is 1. The Balaban J connectivity index is 2.80. The topological polar surface area (TPSA) is 97.7 Å². The standard InChI is InChI=1S/C9H7N5O2/c10-7-11-5-3-1-2-4-6(5)13-8(15)12-9(16)14(7)13/h1-4H,(H2,10,11)(H,12,15,16). The molecular formula is C9H7N5O2. The van der Waals surface area contributed by atoms with E-state index in [0.717, 1.165) is 4.52 Å². The molecule has 0 aliphatic rings. The van der Waals surface area contributed by atoms with Crippen molar-refractivity contribution < 1.29 is 0 Å².